The molecule has 1 aromatic carbocycles. The minimum atomic E-state index is -0.465. The topological polar surface area (TPSA) is 41.9 Å². The zero-order chi connectivity index (χ0) is 15.1. The van der Waals surface area contributed by atoms with Crippen LogP contribution >= 0.6 is 0 Å². The molecule has 1 aromatic rings. The van der Waals surface area contributed by atoms with E-state index < -0.39 is 6.10 Å². The molecule has 0 unspecified atom stereocenters. The van der Waals surface area contributed by atoms with E-state index in [9.17, 15) is 5.11 Å². The van der Waals surface area contributed by atoms with E-state index in [4.69, 9.17) is 9.47 Å². The lowest BCUT2D eigenvalue weighted by Gasteiger charge is -2.28. The largest absolute Gasteiger partial charge is 0.491 e. The number of aliphatic hydroxyl groups is 1. The Hall–Kier alpha value is -1.10. The van der Waals surface area contributed by atoms with Crippen molar-refractivity contribution in [3.05, 3.63) is 29.8 Å². The van der Waals surface area contributed by atoms with Crippen LogP contribution in [0, 0.1) is 0 Å². The van der Waals surface area contributed by atoms with Crippen LogP contribution in [0.15, 0.2) is 24.3 Å². The highest BCUT2D eigenvalue weighted by molar-refractivity contribution is 5.35. The van der Waals surface area contributed by atoms with Crippen LogP contribution < -0.4 is 4.74 Å². The predicted molar refractivity (Wildman–Crippen MR) is 83.9 cm³/mol. The number of nitrogens with zero attached hydrogens (tertiary/aromatic N) is 1. The van der Waals surface area contributed by atoms with Gasteiger partial charge in [0.2, 0.25) is 0 Å². The second-order valence-corrected chi connectivity index (χ2v) is 5.72. The molecule has 1 saturated heterocycles. The molecule has 2 atom stereocenters. The second kappa shape index (κ2) is 8.37. The maximum absolute atomic E-state index is 10.1. The third kappa shape index (κ3) is 4.99. The smallest absolute Gasteiger partial charge is 0.122 e. The number of ether oxygens (including phenoxy) is 2. The molecule has 1 N–H and O–H groups in total. The van der Waals surface area contributed by atoms with Crippen LogP contribution in [0.3, 0.4) is 0 Å². The first-order chi connectivity index (χ1) is 10.2. The van der Waals surface area contributed by atoms with Gasteiger partial charge in [0.25, 0.3) is 0 Å². The molecule has 0 radical (unpaired) electrons. The maximum atomic E-state index is 10.1. The van der Waals surface area contributed by atoms with Crippen molar-refractivity contribution < 1.29 is 14.6 Å². The lowest BCUT2D eigenvalue weighted by atomic mass is 9.98. The lowest BCUT2D eigenvalue weighted by Crippen LogP contribution is -2.42. The van der Waals surface area contributed by atoms with Gasteiger partial charge in [0.05, 0.1) is 13.2 Å². The minimum absolute atomic E-state index is 0.338. The molecule has 0 aromatic heterocycles. The molecule has 1 heterocycles. The SMILES string of the molecule is CC[C@@H](C)c1ccccc1OC[C@@H](O)CN1CCOCC1. The maximum Gasteiger partial charge on any atom is 0.122 e. The molecular formula is C17H27NO3. The van der Waals surface area contributed by atoms with Crippen molar-refractivity contribution in [3.63, 3.8) is 0 Å². The molecule has 4 nitrogen and oxygen atoms in total. The van der Waals surface area contributed by atoms with Gasteiger partial charge in [-0.1, -0.05) is 32.0 Å². The van der Waals surface area contributed by atoms with E-state index in [1.54, 1.807) is 0 Å². The van der Waals surface area contributed by atoms with Crippen LogP contribution in [0.2, 0.25) is 0 Å². The molecule has 1 fully saturated rings. The van der Waals surface area contributed by atoms with E-state index >= 15 is 0 Å². The summed E-state index contributed by atoms with van der Waals surface area (Å²) in [6.45, 7) is 8.65. The fourth-order valence-corrected chi connectivity index (χ4v) is 2.56. The summed E-state index contributed by atoms with van der Waals surface area (Å²) < 4.78 is 11.2. The summed E-state index contributed by atoms with van der Waals surface area (Å²) >= 11 is 0. The van der Waals surface area contributed by atoms with Crippen molar-refractivity contribution in [2.45, 2.75) is 32.3 Å². The number of rotatable bonds is 7. The number of morpholine rings is 1. The van der Waals surface area contributed by atoms with Gasteiger partial charge >= 0.3 is 0 Å². The van der Waals surface area contributed by atoms with Crippen LogP contribution in [0.5, 0.6) is 5.75 Å². The van der Waals surface area contributed by atoms with E-state index in [-0.39, 0.29) is 0 Å². The first kappa shape index (κ1) is 16.3. The Bertz CT molecular complexity index is 418. The van der Waals surface area contributed by atoms with Crippen LogP contribution in [0.1, 0.15) is 31.7 Å². The average molecular weight is 293 g/mol. The van der Waals surface area contributed by atoms with Crippen LogP contribution in [0.4, 0.5) is 0 Å². The monoisotopic (exact) mass is 293 g/mol. The zero-order valence-electron chi connectivity index (χ0n) is 13.1. The molecule has 118 valence electrons. The average Bonchev–Trinajstić information content (AvgIpc) is 2.53. The molecular weight excluding hydrogens is 266 g/mol. The molecule has 21 heavy (non-hydrogen) atoms. The first-order valence-electron chi connectivity index (χ1n) is 7.90. The van der Waals surface area contributed by atoms with Gasteiger partial charge in [0.1, 0.15) is 18.5 Å². The number of hydrogen-bond donors (Lipinski definition) is 1. The molecule has 1 aliphatic rings. The summed E-state index contributed by atoms with van der Waals surface area (Å²) in [4.78, 5) is 2.22. The highest BCUT2D eigenvalue weighted by atomic mass is 16.5. The van der Waals surface area contributed by atoms with Crippen LogP contribution in [-0.4, -0.2) is 55.6 Å². The predicted octanol–water partition coefficient (Wildman–Crippen LogP) is 2.27. The quantitative estimate of drug-likeness (QED) is 0.837. The molecule has 1 aliphatic heterocycles. The van der Waals surface area contributed by atoms with Gasteiger partial charge in [-0.2, -0.15) is 0 Å². The Morgan fingerprint density at radius 3 is 2.71 bits per heavy atom. The molecule has 0 amide bonds. The first-order valence-corrected chi connectivity index (χ1v) is 7.90. The van der Waals surface area contributed by atoms with Gasteiger partial charge in [0.15, 0.2) is 0 Å². The van der Waals surface area contributed by atoms with Crippen molar-refractivity contribution >= 4 is 0 Å². The fraction of sp³-hybridized carbons (Fsp3) is 0.647. The molecule has 0 aliphatic carbocycles. The Balaban J connectivity index is 1.84. The van der Waals surface area contributed by atoms with E-state index in [1.807, 2.05) is 18.2 Å². The van der Waals surface area contributed by atoms with E-state index in [1.165, 1.54) is 5.56 Å². The highest BCUT2D eigenvalue weighted by Crippen LogP contribution is 2.28. The van der Waals surface area contributed by atoms with Gasteiger partial charge < -0.3 is 14.6 Å². The van der Waals surface area contributed by atoms with Crippen molar-refractivity contribution in [2.75, 3.05) is 39.5 Å². The summed E-state index contributed by atoms with van der Waals surface area (Å²) in [5.41, 5.74) is 1.22. The van der Waals surface area contributed by atoms with E-state index in [2.05, 4.69) is 24.8 Å². The number of benzene rings is 1. The molecule has 0 spiro atoms. The lowest BCUT2D eigenvalue weighted by molar-refractivity contribution is 0.00455. The second-order valence-electron chi connectivity index (χ2n) is 5.72. The Morgan fingerprint density at radius 1 is 1.29 bits per heavy atom. The Labute approximate surface area is 127 Å². The van der Waals surface area contributed by atoms with Crippen LogP contribution in [0.25, 0.3) is 0 Å². The summed E-state index contributed by atoms with van der Waals surface area (Å²) in [5.74, 6) is 1.37. The number of para-hydroxylation sites is 1. The summed E-state index contributed by atoms with van der Waals surface area (Å²) in [5, 5.41) is 10.1. The summed E-state index contributed by atoms with van der Waals surface area (Å²) in [6, 6.07) is 8.12. The third-order valence-corrected chi connectivity index (χ3v) is 4.07. The molecule has 0 saturated carbocycles. The normalized spacial score (nSPS) is 19.2. The van der Waals surface area contributed by atoms with E-state index in [0.29, 0.717) is 19.1 Å². The number of β-amino-alcohol motifs (C(OH)–C–C–N with tert-alkyl or cyclic N) is 1. The number of hydrogen-bond acceptors (Lipinski definition) is 4. The third-order valence-electron chi connectivity index (χ3n) is 4.07. The van der Waals surface area contributed by atoms with Crippen LogP contribution in [-0.2, 0) is 4.74 Å². The zero-order valence-corrected chi connectivity index (χ0v) is 13.1. The van der Waals surface area contributed by atoms with Gasteiger partial charge in [-0.15, -0.1) is 0 Å². The standard InChI is InChI=1S/C17H27NO3/c1-3-14(2)16-6-4-5-7-17(16)21-13-15(19)12-18-8-10-20-11-9-18/h4-7,14-15,19H,3,8-13H2,1-2H3/t14-,15+/m1/s1. The number of aliphatic hydroxyl groups excluding tert-OH is 1. The van der Waals surface area contributed by atoms with Gasteiger partial charge in [0, 0.05) is 19.6 Å². The Morgan fingerprint density at radius 2 is 2.00 bits per heavy atom. The highest BCUT2D eigenvalue weighted by Gasteiger charge is 2.16. The summed E-state index contributed by atoms with van der Waals surface area (Å²) in [7, 11) is 0. The van der Waals surface area contributed by atoms with Crippen molar-refractivity contribution in [2.24, 2.45) is 0 Å². The van der Waals surface area contributed by atoms with Gasteiger partial charge in [-0.3, -0.25) is 4.90 Å². The van der Waals surface area contributed by atoms with E-state index in [0.717, 1.165) is 38.5 Å². The van der Waals surface area contributed by atoms with Crippen molar-refractivity contribution in [3.8, 4) is 5.75 Å². The van der Waals surface area contributed by atoms with Gasteiger partial charge in [-0.25, -0.2) is 0 Å². The minimum Gasteiger partial charge on any atom is -0.491 e. The fourth-order valence-electron chi connectivity index (χ4n) is 2.56. The van der Waals surface area contributed by atoms with Crippen molar-refractivity contribution in [1.82, 2.24) is 4.90 Å². The molecule has 2 rings (SSSR count). The van der Waals surface area contributed by atoms with Gasteiger partial charge in [-0.05, 0) is 24.0 Å². The molecule has 4 heteroatoms. The summed E-state index contributed by atoms with van der Waals surface area (Å²) in [6.07, 6.45) is 0.615. The van der Waals surface area contributed by atoms with Crippen molar-refractivity contribution in [1.29, 1.82) is 0 Å². The Kier molecular flexibility index (Phi) is 6.49. The molecule has 0 bridgehead atoms.